The van der Waals surface area contributed by atoms with Crippen LogP contribution in [-0.4, -0.2) is 49.7 Å². The quantitative estimate of drug-likeness (QED) is 0.654. The zero-order valence-electron chi connectivity index (χ0n) is 18.5. The zero-order chi connectivity index (χ0) is 22.1. The third-order valence-electron chi connectivity index (χ3n) is 6.54. The summed E-state index contributed by atoms with van der Waals surface area (Å²) in [4.78, 5) is 24.2. The van der Waals surface area contributed by atoms with Gasteiger partial charge in [-0.2, -0.15) is 0 Å². The summed E-state index contributed by atoms with van der Waals surface area (Å²) in [6.45, 7) is 7.28. The number of piperidine rings is 1. The van der Waals surface area contributed by atoms with Crippen molar-refractivity contribution in [2.45, 2.75) is 58.0 Å². The largest absolute Gasteiger partial charge is 0.361 e. The average molecular weight is 437 g/mol. The first-order chi connectivity index (χ1) is 15.5. The van der Waals surface area contributed by atoms with Gasteiger partial charge in [0.2, 0.25) is 0 Å². The van der Waals surface area contributed by atoms with Gasteiger partial charge in [-0.05, 0) is 38.8 Å². The number of aromatic nitrogens is 4. The third-order valence-corrected chi connectivity index (χ3v) is 6.54. The lowest BCUT2D eigenvalue weighted by Gasteiger charge is -2.45. The minimum absolute atomic E-state index is 0.118. The van der Waals surface area contributed by atoms with Crippen molar-refractivity contribution in [2.75, 3.05) is 13.1 Å². The zero-order valence-corrected chi connectivity index (χ0v) is 18.5. The molecule has 1 saturated heterocycles. The lowest BCUT2D eigenvalue weighted by atomic mass is 9.88. The molecule has 3 aromatic heterocycles. The van der Waals surface area contributed by atoms with E-state index in [0.717, 1.165) is 61.0 Å². The van der Waals surface area contributed by atoms with Crippen molar-refractivity contribution in [2.24, 2.45) is 0 Å². The summed E-state index contributed by atoms with van der Waals surface area (Å²) < 4.78 is 13.9. The predicted octanol–water partition coefficient (Wildman–Crippen LogP) is 2.09. The van der Waals surface area contributed by atoms with Crippen molar-refractivity contribution < 1.29 is 14.1 Å². The van der Waals surface area contributed by atoms with Gasteiger partial charge in [0, 0.05) is 43.8 Å². The van der Waals surface area contributed by atoms with Crippen molar-refractivity contribution in [3.05, 3.63) is 65.3 Å². The molecule has 2 aliphatic heterocycles. The summed E-state index contributed by atoms with van der Waals surface area (Å²) in [5.41, 5.74) is 2.36. The highest BCUT2D eigenvalue weighted by atomic mass is 16.5. The molecule has 9 heteroatoms. The van der Waals surface area contributed by atoms with Crippen LogP contribution in [-0.2, 0) is 34.8 Å². The third kappa shape index (κ3) is 3.93. The first-order valence-electron chi connectivity index (χ1n) is 11.1. The van der Waals surface area contributed by atoms with E-state index in [2.05, 4.69) is 29.9 Å². The van der Waals surface area contributed by atoms with Crippen LogP contribution < -0.4 is 5.32 Å². The maximum atomic E-state index is 13.0. The molecule has 5 heterocycles. The Labute approximate surface area is 186 Å². The highest BCUT2D eigenvalue weighted by molar-refractivity contribution is 5.80. The van der Waals surface area contributed by atoms with Gasteiger partial charge in [0.1, 0.15) is 17.2 Å². The van der Waals surface area contributed by atoms with E-state index < -0.39 is 11.7 Å². The van der Waals surface area contributed by atoms with Gasteiger partial charge in [-0.3, -0.25) is 14.7 Å². The molecule has 0 aromatic carbocycles. The normalized spacial score (nSPS) is 20.2. The summed E-state index contributed by atoms with van der Waals surface area (Å²) in [5.74, 6) is 1.67. The minimum atomic E-state index is -0.561. The van der Waals surface area contributed by atoms with E-state index in [9.17, 15) is 4.79 Å². The molecule has 1 amide bonds. The molecular formula is C23H28N6O3. The Morgan fingerprint density at radius 2 is 2.06 bits per heavy atom. The van der Waals surface area contributed by atoms with Crippen LogP contribution in [0.15, 0.2) is 41.3 Å². The van der Waals surface area contributed by atoms with E-state index in [1.165, 1.54) is 0 Å². The number of hydrogen-bond acceptors (Lipinski definition) is 7. The van der Waals surface area contributed by atoms with Gasteiger partial charge in [-0.1, -0.05) is 11.2 Å². The number of carbonyl (C=O) groups is 1. The van der Waals surface area contributed by atoms with Crippen molar-refractivity contribution in [3.63, 3.8) is 0 Å². The first kappa shape index (κ1) is 20.8. The maximum absolute atomic E-state index is 13.0. The number of fused-ring (bicyclic) bond motifs is 2. The van der Waals surface area contributed by atoms with Crippen LogP contribution in [0.4, 0.5) is 0 Å². The van der Waals surface area contributed by atoms with E-state index >= 15 is 0 Å². The van der Waals surface area contributed by atoms with E-state index in [4.69, 9.17) is 9.26 Å². The highest BCUT2D eigenvalue weighted by Gasteiger charge is 2.47. The number of nitrogens with one attached hydrogen (secondary N) is 1. The Morgan fingerprint density at radius 1 is 1.22 bits per heavy atom. The number of likely N-dealkylation sites (tertiary alicyclic amines) is 1. The van der Waals surface area contributed by atoms with Crippen molar-refractivity contribution in [1.29, 1.82) is 0 Å². The van der Waals surface area contributed by atoms with Gasteiger partial charge in [0.25, 0.3) is 5.91 Å². The number of ether oxygens (including phenoxy) is 1. The molecule has 0 radical (unpaired) electrons. The second kappa shape index (κ2) is 8.48. The van der Waals surface area contributed by atoms with Crippen LogP contribution >= 0.6 is 0 Å². The molecule has 5 rings (SSSR count). The Bertz CT molecular complexity index is 1060. The van der Waals surface area contributed by atoms with Crippen LogP contribution in [0.2, 0.25) is 0 Å². The number of pyridine rings is 1. The Balaban J connectivity index is 1.27. The van der Waals surface area contributed by atoms with Crippen LogP contribution in [0.1, 0.15) is 41.4 Å². The number of imidazole rings is 1. The molecule has 1 N–H and O–H groups in total. The van der Waals surface area contributed by atoms with Crippen molar-refractivity contribution in [1.82, 2.24) is 29.9 Å². The number of carbonyl (C=O) groups excluding carboxylic acids is 1. The number of hydrogen-bond donors (Lipinski definition) is 1. The number of amides is 1. The van der Waals surface area contributed by atoms with Gasteiger partial charge < -0.3 is 19.1 Å². The van der Waals surface area contributed by atoms with Crippen LogP contribution in [0.5, 0.6) is 0 Å². The Hall–Kier alpha value is -3.04. The van der Waals surface area contributed by atoms with E-state index in [1.54, 1.807) is 12.4 Å². The average Bonchev–Trinajstić information content (AvgIpc) is 3.42. The monoisotopic (exact) mass is 436 g/mol. The maximum Gasteiger partial charge on any atom is 0.251 e. The fourth-order valence-corrected chi connectivity index (χ4v) is 4.69. The lowest BCUT2D eigenvalue weighted by Crippen LogP contribution is -2.53. The van der Waals surface area contributed by atoms with E-state index in [-0.39, 0.29) is 5.91 Å². The summed E-state index contributed by atoms with van der Waals surface area (Å²) in [6.07, 6.45) is 6.45. The molecule has 1 atom stereocenters. The summed E-state index contributed by atoms with van der Waals surface area (Å²) >= 11 is 0. The molecule has 0 saturated carbocycles. The molecule has 0 unspecified atom stereocenters. The summed E-state index contributed by atoms with van der Waals surface area (Å²) in [6, 6.07) is 5.67. The first-order valence-corrected chi connectivity index (χ1v) is 11.1. The molecular weight excluding hydrogens is 408 g/mol. The molecule has 0 bridgehead atoms. The molecule has 3 aromatic rings. The van der Waals surface area contributed by atoms with Crippen molar-refractivity contribution in [3.8, 4) is 0 Å². The van der Waals surface area contributed by atoms with Gasteiger partial charge in [0.05, 0.1) is 24.5 Å². The topological polar surface area (TPSA) is 98.3 Å². The van der Waals surface area contributed by atoms with E-state index in [0.29, 0.717) is 13.1 Å². The second-order valence-corrected chi connectivity index (χ2v) is 8.62. The second-order valence-electron chi connectivity index (χ2n) is 8.62. The number of nitrogens with zero attached hydrogens (tertiary/aromatic N) is 5. The Kier molecular flexibility index (Phi) is 5.52. The SMILES string of the molecule is Cc1noc(C)c1CN1CCC2(CC1)O[C@H](C(=O)NCc1ccccn1)Cn1ccnc12. The fourth-order valence-electron chi connectivity index (χ4n) is 4.69. The summed E-state index contributed by atoms with van der Waals surface area (Å²) in [5, 5.41) is 7.04. The summed E-state index contributed by atoms with van der Waals surface area (Å²) in [7, 11) is 0. The molecule has 168 valence electrons. The predicted molar refractivity (Wildman–Crippen MR) is 115 cm³/mol. The number of rotatable bonds is 5. The molecule has 9 nitrogen and oxygen atoms in total. The lowest BCUT2D eigenvalue weighted by molar-refractivity contribution is -0.174. The molecule has 32 heavy (non-hydrogen) atoms. The molecule has 1 spiro atoms. The van der Waals surface area contributed by atoms with Gasteiger partial charge in [-0.25, -0.2) is 4.98 Å². The highest BCUT2D eigenvalue weighted by Crippen LogP contribution is 2.40. The van der Waals surface area contributed by atoms with Gasteiger partial charge >= 0.3 is 0 Å². The standard InChI is InChI=1S/C23H28N6O3/c1-16-19(17(2)32-27-16)14-28-10-6-23(7-11-28)22-25-9-12-29(22)15-20(31-23)21(30)26-13-18-5-3-4-8-24-18/h3-5,8-9,12,20H,6-7,10-11,13-15H2,1-2H3,(H,26,30)/t20-/m0/s1. The van der Waals surface area contributed by atoms with Crippen molar-refractivity contribution >= 4 is 5.91 Å². The Morgan fingerprint density at radius 3 is 2.78 bits per heavy atom. The van der Waals surface area contributed by atoms with E-state index in [1.807, 2.05) is 38.2 Å². The van der Waals surface area contributed by atoms with Gasteiger partial charge in [-0.15, -0.1) is 0 Å². The molecule has 2 aliphatic rings. The molecule has 0 aliphatic carbocycles. The smallest absolute Gasteiger partial charge is 0.251 e. The van der Waals surface area contributed by atoms with Crippen LogP contribution in [0.3, 0.4) is 0 Å². The minimum Gasteiger partial charge on any atom is -0.361 e. The van der Waals surface area contributed by atoms with Crippen LogP contribution in [0.25, 0.3) is 0 Å². The fraction of sp³-hybridized carbons (Fsp3) is 0.478. The number of aryl methyl sites for hydroxylation is 2. The van der Waals surface area contributed by atoms with Crippen LogP contribution in [0, 0.1) is 13.8 Å². The molecule has 1 fully saturated rings. The van der Waals surface area contributed by atoms with Gasteiger partial charge in [0.15, 0.2) is 6.10 Å².